The molecule has 7 heteroatoms. The van der Waals surface area contributed by atoms with Crippen LogP contribution in [0, 0.1) is 0 Å². The fourth-order valence-electron chi connectivity index (χ4n) is 3.24. The van der Waals surface area contributed by atoms with E-state index in [0.717, 1.165) is 35.6 Å². The van der Waals surface area contributed by atoms with Crippen LogP contribution in [0.2, 0.25) is 0 Å². The molecule has 1 aliphatic heterocycles. The minimum Gasteiger partial charge on any atom is -0.378 e. The Balaban J connectivity index is 1.73. The molecule has 2 aliphatic rings. The summed E-state index contributed by atoms with van der Waals surface area (Å²) in [5.41, 5.74) is 2.36. The number of sulfonamides is 1. The number of fused-ring (bicyclic) bond motifs is 1. The minimum absolute atomic E-state index is 0.139. The van der Waals surface area contributed by atoms with Crippen molar-refractivity contribution in [3.05, 3.63) is 29.3 Å². The molecule has 1 amide bonds. The summed E-state index contributed by atoms with van der Waals surface area (Å²) in [5, 5.41) is 0. The van der Waals surface area contributed by atoms with Crippen molar-refractivity contribution >= 4 is 15.9 Å². The van der Waals surface area contributed by atoms with Gasteiger partial charge >= 0.3 is 0 Å². The highest BCUT2D eigenvalue weighted by atomic mass is 32.2. The van der Waals surface area contributed by atoms with Crippen molar-refractivity contribution in [3.8, 4) is 0 Å². The summed E-state index contributed by atoms with van der Waals surface area (Å²) < 4.78 is 31.9. The molecule has 0 unspecified atom stereocenters. The van der Waals surface area contributed by atoms with Crippen molar-refractivity contribution in [2.75, 3.05) is 39.9 Å². The van der Waals surface area contributed by atoms with Gasteiger partial charge in [0.05, 0.1) is 24.7 Å². The van der Waals surface area contributed by atoms with Crippen LogP contribution in [-0.2, 0) is 32.4 Å². The highest BCUT2D eigenvalue weighted by Gasteiger charge is 2.26. The Morgan fingerprint density at radius 1 is 1.17 bits per heavy atom. The third kappa shape index (κ3) is 3.63. The first-order chi connectivity index (χ1) is 11.5. The van der Waals surface area contributed by atoms with E-state index in [1.165, 1.54) is 12.6 Å². The lowest BCUT2D eigenvalue weighted by Gasteiger charge is -2.28. The van der Waals surface area contributed by atoms with E-state index in [4.69, 9.17) is 4.74 Å². The van der Waals surface area contributed by atoms with Crippen LogP contribution in [-0.4, -0.2) is 63.4 Å². The van der Waals surface area contributed by atoms with Crippen molar-refractivity contribution in [2.24, 2.45) is 0 Å². The van der Waals surface area contributed by atoms with E-state index >= 15 is 0 Å². The molecule has 0 bridgehead atoms. The molecule has 0 spiro atoms. The number of rotatable bonds is 4. The molecule has 0 atom stereocenters. The first kappa shape index (κ1) is 17.4. The highest BCUT2D eigenvalue weighted by Crippen LogP contribution is 2.25. The van der Waals surface area contributed by atoms with Crippen molar-refractivity contribution in [2.45, 2.75) is 30.6 Å². The van der Waals surface area contributed by atoms with Crippen LogP contribution in [0.25, 0.3) is 0 Å². The van der Waals surface area contributed by atoms with E-state index in [1.54, 1.807) is 17.0 Å². The molecule has 132 valence electrons. The molecule has 3 rings (SSSR count). The van der Waals surface area contributed by atoms with Crippen LogP contribution in [0.4, 0.5) is 0 Å². The largest absolute Gasteiger partial charge is 0.378 e. The third-order valence-corrected chi connectivity index (χ3v) is 6.55. The molecule has 1 saturated heterocycles. The van der Waals surface area contributed by atoms with Crippen LogP contribution in [0.1, 0.15) is 24.0 Å². The number of ether oxygens (including phenoxy) is 1. The van der Waals surface area contributed by atoms with Crippen molar-refractivity contribution in [1.29, 1.82) is 0 Å². The summed E-state index contributed by atoms with van der Waals surface area (Å²) >= 11 is 0. The number of aryl methyl sites for hydroxylation is 2. The Bertz CT molecular complexity index is 711. The first-order valence-corrected chi connectivity index (χ1v) is 9.86. The van der Waals surface area contributed by atoms with Gasteiger partial charge in [-0.2, -0.15) is 4.31 Å². The first-order valence-electron chi connectivity index (χ1n) is 8.42. The van der Waals surface area contributed by atoms with Gasteiger partial charge in [0.25, 0.3) is 0 Å². The molecular formula is C17H24N2O4S. The molecule has 1 aromatic rings. The number of nitrogens with zero attached hydrogens (tertiary/aromatic N) is 2. The Kier molecular flexibility index (Phi) is 5.22. The molecule has 1 heterocycles. The molecule has 0 radical (unpaired) electrons. The van der Waals surface area contributed by atoms with Crippen LogP contribution < -0.4 is 0 Å². The Morgan fingerprint density at radius 3 is 2.54 bits per heavy atom. The number of carbonyl (C=O) groups excluding carboxylic acids is 1. The molecule has 24 heavy (non-hydrogen) atoms. The second-order valence-electron chi connectivity index (χ2n) is 6.39. The fraction of sp³-hybridized carbons (Fsp3) is 0.588. The average Bonchev–Trinajstić information content (AvgIpc) is 2.61. The van der Waals surface area contributed by atoms with Gasteiger partial charge in [0.2, 0.25) is 15.9 Å². The van der Waals surface area contributed by atoms with Crippen LogP contribution in [0.3, 0.4) is 0 Å². The molecular weight excluding hydrogens is 328 g/mol. The van der Waals surface area contributed by atoms with Gasteiger partial charge in [0, 0.05) is 20.1 Å². The number of carbonyl (C=O) groups is 1. The molecule has 0 aromatic heterocycles. The summed E-state index contributed by atoms with van der Waals surface area (Å²) in [6.07, 6.45) is 4.20. The smallest absolute Gasteiger partial charge is 0.243 e. The normalized spacial score (nSPS) is 18.5. The third-order valence-electron chi connectivity index (χ3n) is 4.75. The van der Waals surface area contributed by atoms with Gasteiger partial charge in [-0.3, -0.25) is 4.79 Å². The Labute approximate surface area is 143 Å². The summed E-state index contributed by atoms with van der Waals surface area (Å²) in [7, 11) is -2.19. The topological polar surface area (TPSA) is 66.9 Å². The zero-order valence-electron chi connectivity index (χ0n) is 14.0. The second kappa shape index (κ2) is 7.21. The standard InChI is InChI=1S/C17H24N2O4S/c1-18(13-17(20)19-8-10-23-11-9-19)24(21,22)16-7-6-14-4-2-3-5-15(14)12-16/h6-7,12H,2-5,8-11,13H2,1H3. The van der Waals surface area contributed by atoms with Crippen molar-refractivity contribution < 1.29 is 17.9 Å². The zero-order chi connectivity index (χ0) is 17.2. The highest BCUT2D eigenvalue weighted by molar-refractivity contribution is 7.89. The van der Waals surface area contributed by atoms with Gasteiger partial charge in [-0.05, 0) is 48.9 Å². The van der Waals surface area contributed by atoms with Gasteiger partial charge in [0.1, 0.15) is 0 Å². The maximum atomic E-state index is 12.8. The molecule has 1 aliphatic carbocycles. The molecule has 0 saturated carbocycles. The lowest BCUT2D eigenvalue weighted by atomic mass is 9.92. The molecule has 6 nitrogen and oxygen atoms in total. The summed E-state index contributed by atoms with van der Waals surface area (Å²) in [6, 6.07) is 5.35. The number of hydrogen-bond donors (Lipinski definition) is 0. The van der Waals surface area contributed by atoms with Crippen LogP contribution >= 0.6 is 0 Å². The van der Waals surface area contributed by atoms with E-state index in [9.17, 15) is 13.2 Å². The number of hydrogen-bond acceptors (Lipinski definition) is 4. The number of likely N-dealkylation sites (N-methyl/N-ethyl adjacent to an activating group) is 1. The van der Waals surface area contributed by atoms with Crippen molar-refractivity contribution in [3.63, 3.8) is 0 Å². The molecule has 0 N–H and O–H groups in total. The number of amides is 1. The summed E-state index contributed by atoms with van der Waals surface area (Å²) in [6.45, 7) is 1.91. The maximum Gasteiger partial charge on any atom is 0.243 e. The lowest BCUT2D eigenvalue weighted by molar-refractivity contribution is -0.135. The van der Waals surface area contributed by atoms with E-state index in [0.29, 0.717) is 26.3 Å². The predicted octanol–water partition coefficient (Wildman–Crippen LogP) is 1.04. The maximum absolute atomic E-state index is 12.8. The van der Waals surface area contributed by atoms with E-state index in [2.05, 4.69) is 0 Å². The fourth-order valence-corrected chi connectivity index (χ4v) is 4.41. The lowest BCUT2D eigenvalue weighted by Crippen LogP contribution is -2.46. The van der Waals surface area contributed by atoms with Gasteiger partial charge in [-0.15, -0.1) is 0 Å². The quantitative estimate of drug-likeness (QED) is 0.812. The predicted molar refractivity (Wildman–Crippen MR) is 90.3 cm³/mol. The summed E-state index contributed by atoms with van der Waals surface area (Å²) in [4.78, 5) is 14.2. The minimum atomic E-state index is -3.65. The van der Waals surface area contributed by atoms with Crippen LogP contribution in [0.5, 0.6) is 0 Å². The van der Waals surface area contributed by atoms with Crippen molar-refractivity contribution in [1.82, 2.24) is 9.21 Å². The van der Waals surface area contributed by atoms with E-state index in [-0.39, 0.29) is 17.3 Å². The van der Waals surface area contributed by atoms with Crippen LogP contribution in [0.15, 0.2) is 23.1 Å². The van der Waals surface area contributed by atoms with E-state index < -0.39 is 10.0 Å². The Hall–Kier alpha value is -1.44. The van der Waals surface area contributed by atoms with Gasteiger partial charge < -0.3 is 9.64 Å². The van der Waals surface area contributed by atoms with Gasteiger partial charge in [0.15, 0.2) is 0 Å². The summed E-state index contributed by atoms with van der Waals surface area (Å²) in [5.74, 6) is -0.178. The Morgan fingerprint density at radius 2 is 1.83 bits per heavy atom. The van der Waals surface area contributed by atoms with Gasteiger partial charge in [-0.25, -0.2) is 8.42 Å². The second-order valence-corrected chi connectivity index (χ2v) is 8.44. The number of morpholine rings is 1. The monoisotopic (exact) mass is 352 g/mol. The zero-order valence-corrected chi connectivity index (χ0v) is 14.8. The molecule has 1 fully saturated rings. The number of benzene rings is 1. The van der Waals surface area contributed by atoms with E-state index in [1.807, 2.05) is 6.07 Å². The van der Waals surface area contributed by atoms with Gasteiger partial charge in [-0.1, -0.05) is 6.07 Å². The average molecular weight is 352 g/mol. The molecule has 1 aromatic carbocycles. The SMILES string of the molecule is CN(CC(=O)N1CCOCC1)S(=O)(=O)c1ccc2c(c1)CCCC2.